The lowest BCUT2D eigenvalue weighted by molar-refractivity contribution is -0.370. The molecule has 1 heterocycles. The molecule has 1 aliphatic heterocycles. The first-order valence-electron chi connectivity index (χ1n) is 11.2. The van der Waals surface area contributed by atoms with Gasteiger partial charge < -0.3 is 24.8 Å². The van der Waals surface area contributed by atoms with Crippen molar-refractivity contribution in [1.29, 1.82) is 0 Å². The van der Waals surface area contributed by atoms with Crippen molar-refractivity contribution in [3.8, 4) is 0 Å². The van der Waals surface area contributed by atoms with Crippen LogP contribution in [0.1, 0.15) is 74.7 Å². The quantitative estimate of drug-likeness (QED) is 0.447. The molecule has 2 saturated carbocycles. The van der Waals surface area contributed by atoms with E-state index in [1.165, 1.54) is 19.9 Å². The number of aliphatic hydroxyl groups excluding tert-OH is 2. The zero-order chi connectivity index (χ0) is 24.2. The van der Waals surface area contributed by atoms with Crippen LogP contribution in [-0.2, 0) is 19.1 Å². The molecule has 0 aromatic heterocycles. The van der Waals surface area contributed by atoms with E-state index >= 15 is 0 Å². The Balaban J connectivity index is 0.00000166. The van der Waals surface area contributed by atoms with Crippen LogP contribution in [0, 0.1) is 16.7 Å². The minimum absolute atomic E-state index is 0.138. The van der Waals surface area contributed by atoms with Gasteiger partial charge in [0, 0.05) is 24.7 Å². The van der Waals surface area contributed by atoms with Crippen LogP contribution in [0.2, 0.25) is 0 Å². The molecule has 0 aromatic rings. The second kappa shape index (κ2) is 7.94. The van der Waals surface area contributed by atoms with Gasteiger partial charge in [-0.15, -0.1) is 6.58 Å². The molecule has 31 heavy (non-hydrogen) atoms. The van der Waals surface area contributed by atoms with Crippen LogP contribution < -0.4 is 0 Å². The molecule has 0 aromatic carbocycles. The second-order valence-corrected chi connectivity index (χ2v) is 10.4. The Hall–Kier alpha value is -1.28. The zero-order valence-corrected chi connectivity index (χ0v) is 20.2. The fourth-order valence-corrected chi connectivity index (χ4v) is 6.66. The molecule has 0 amide bonds. The fourth-order valence-electron chi connectivity index (χ4n) is 6.66. The van der Waals surface area contributed by atoms with Crippen molar-refractivity contribution in [2.75, 3.05) is 0 Å². The zero-order valence-electron chi connectivity index (χ0n) is 20.2. The number of ether oxygens (including phenoxy) is 2. The summed E-state index contributed by atoms with van der Waals surface area (Å²) in [5.41, 5.74) is -7.00. The van der Waals surface area contributed by atoms with Gasteiger partial charge in [0.25, 0.3) is 0 Å². The number of esters is 1. The molecular weight excluding hydrogens is 400 g/mol. The Morgan fingerprint density at radius 2 is 1.74 bits per heavy atom. The van der Waals surface area contributed by atoms with Crippen LogP contribution in [0.5, 0.6) is 0 Å². The average molecular weight is 441 g/mol. The number of carbonyl (C=O) groups excluding carboxylic acids is 2. The van der Waals surface area contributed by atoms with Gasteiger partial charge in [0.15, 0.2) is 17.5 Å². The highest BCUT2D eigenvalue weighted by molar-refractivity contribution is 5.92. The number of hydrogen-bond acceptors (Lipinski definition) is 7. The molecular formula is C24H40O7. The third kappa shape index (κ3) is 3.31. The van der Waals surface area contributed by atoms with Gasteiger partial charge in [-0.05, 0) is 32.1 Å². The first kappa shape index (κ1) is 26.0. The Morgan fingerprint density at radius 3 is 2.23 bits per heavy atom. The molecule has 3 aliphatic rings. The molecule has 2 aliphatic carbocycles. The molecule has 1 unspecified atom stereocenters. The summed E-state index contributed by atoms with van der Waals surface area (Å²) in [5.74, 6) is -1.87. The van der Waals surface area contributed by atoms with Gasteiger partial charge in [0.05, 0.1) is 17.8 Å². The van der Waals surface area contributed by atoms with Crippen LogP contribution in [0.25, 0.3) is 0 Å². The van der Waals surface area contributed by atoms with E-state index in [1.807, 2.05) is 27.7 Å². The highest BCUT2D eigenvalue weighted by Gasteiger charge is 2.81. The third-order valence-corrected chi connectivity index (χ3v) is 8.02. The van der Waals surface area contributed by atoms with Gasteiger partial charge in [0.2, 0.25) is 0 Å². The van der Waals surface area contributed by atoms with E-state index in [0.29, 0.717) is 12.8 Å². The van der Waals surface area contributed by atoms with Gasteiger partial charge in [-0.3, -0.25) is 9.59 Å². The summed E-state index contributed by atoms with van der Waals surface area (Å²) in [6.07, 6.45) is -1.29. The van der Waals surface area contributed by atoms with Crippen molar-refractivity contribution < 1.29 is 34.4 Å². The number of carbonyl (C=O) groups is 2. The predicted octanol–water partition coefficient (Wildman–Crippen LogP) is 2.55. The van der Waals surface area contributed by atoms with E-state index in [0.717, 1.165) is 0 Å². The van der Waals surface area contributed by atoms with Gasteiger partial charge >= 0.3 is 5.97 Å². The van der Waals surface area contributed by atoms with Gasteiger partial charge in [-0.2, -0.15) is 0 Å². The van der Waals surface area contributed by atoms with Crippen LogP contribution >= 0.6 is 0 Å². The second-order valence-electron chi connectivity index (χ2n) is 10.4. The summed E-state index contributed by atoms with van der Waals surface area (Å²) in [6, 6.07) is 0. The first-order valence-corrected chi connectivity index (χ1v) is 11.2. The number of aliphatic hydroxyl groups is 3. The van der Waals surface area contributed by atoms with Crippen molar-refractivity contribution in [3.63, 3.8) is 0 Å². The summed E-state index contributed by atoms with van der Waals surface area (Å²) in [5, 5.41) is 34.7. The summed E-state index contributed by atoms with van der Waals surface area (Å²) in [6.45, 7) is 17.6. The molecule has 7 heteroatoms. The number of Topliss-reactive ketones (excluding diaryl/α,β-unsaturated/α-hetero) is 1. The smallest absolute Gasteiger partial charge is 0.303 e. The van der Waals surface area contributed by atoms with Crippen molar-refractivity contribution in [2.24, 2.45) is 16.7 Å². The summed E-state index contributed by atoms with van der Waals surface area (Å²) >= 11 is 0. The lowest BCUT2D eigenvalue weighted by Gasteiger charge is -2.71. The molecule has 3 fully saturated rings. The van der Waals surface area contributed by atoms with E-state index in [9.17, 15) is 24.9 Å². The SMILES string of the molecule is C=C[C@@]1(C)CC(=O)[C@@]2(O)[C@](C)(O1)[C@@H](OC(C)=O)[C@@H](O)C1C(C)(C)CC[C@H](O)[C@@]12C.CC. The maximum Gasteiger partial charge on any atom is 0.303 e. The Labute approximate surface area is 185 Å². The van der Waals surface area contributed by atoms with E-state index in [4.69, 9.17) is 9.47 Å². The fraction of sp³-hybridized carbons (Fsp3) is 0.833. The highest BCUT2D eigenvalue weighted by atomic mass is 16.6. The van der Waals surface area contributed by atoms with Crippen molar-refractivity contribution >= 4 is 11.8 Å². The Bertz CT molecular complexity index is 748. The Morgan fingerprint density at radius 1 is 1.19 bits per heavy atom. The van der Waals surface area contributed by atoms with Gasteiger partial charge in [-0.25, -0.2) is 0 Å². The third-order valence-electron chi connectivity index (χ3n) is 8.02. The molecule has 178 valence electrons. The molecule has 8 atom stereocenters. The lowest BCUT2D eigenvalue weighted by atomic mass is 9.40. The van der Waals surface area contributed by atoms with E-state index in [2.05, 4.69) is 6.58 Å². The van der Waals surface area contributed by atoms with Crippen molar-refractivity contribution in [2.45, 2.75) is 110 Å². The van der Waals surface area contributed by atoms with Gasteiger partial charge in [-0.1, -0.05) is 40.7 Å². The van der Waals surface area contributed by atoms with Crippen LogP contribution in [-0.4, -0.2) is 62.2 Å². The maximum absolute atomic E-state index is 13.6. The van der Waals surface area contributed by atoms with E-state index < -0.39 is 63.6 Å². The molecule has 0 spiro atoms. The lowest BCUT2D eigenvalue weighted by Crippen LogP contribution is -2.86. The standard InChI is InChI=1S/C22H34O7.C2H6/c1-8-19(5)11-14(25)22(27)20(6)13(24)9-10-18(3,4)16(20)15(26)17(28-12(2)23)21(22,7)29-19;1-2/h8,13,15-17,24,26-27H,1,9-11H2,2-7H3;1-2H3/t13-,15-,16?,17-,19-,20-,21+,22-;/m0./s1. The van der Waals surface area contributed by atoms with Crippen LogP contribution in [0.3, 0.4) is 0 Å². The van der Waals surface area contributed by atoms with Crippen LogP contribution in [0.15, 0.2) is 12.7 Å². The minimum atomic E-state index is -2.18. The predicted molar refractivity (Wildman–Crippen MR) is 116 cm³/mol. The molecule has 3 rings (SSSR count). The minimum Gasteiger partial charge on any atom is -0.457 e. The monoisotopic (exact) mass is 440 g/mol. The Kier molecular flexibility index (Phi) is 6.65. The number of fused-ring (bicyclic) bond motifs is 3. The van der Waals surface area contributed by atoms with Crippen LogP contribution in [0.4, 0.5) is 0 Å². The molecule has 0 bridgehead atoms. The highest BCUT2D eigenvalue weighted by Crippen LogP contribution is 2.66. The molecule has 1 saturated heterocycles. The average Bonchev–Trinajstić information content (AvgIpc) is 2.67. The maximum atomic E-state index is 13.6. The normalized spacial score (nSPS) is 48.4. The molecule has 7 nitrogen and oxygen atoms in total. The summed E-state index contributed by atoms with van der Waals surface area (Å²) in [7, 11) is 0. The van der Waals surface area contributed by atoms with E-state index in [-0.39, 0.29) is 6.42 Å². The van der Waals surface area contributed by atoms with Crippen molar-refractivity contribution in [3.05, 3.63) is 12.7 Å². The van der Waals surface area contributed by atoms with E-state index in [1.54, 1.807) is 13.8 Å². The number of rotatable bonds is 2. The number of ketones is 1. The summed E-state index contributed by atoms with van der Waals surface area (Å²) in [4.78, 5) is 25.5. The van der Waals surface area contributed by atoms with Crippen molar-refractivity contribution in [1.82, 2.24) is 0 Å². The topological polar surface area (TPSA) is 113 Å². The first-order chi connectivity index (χ1) is 14.1. The number of hydrogen-bond donors (Lipinski definition) is 3. The summed E-state index contributed by atoms with van der Waals surface area (Å²) < 4.78 is 11.8. The molecule has 0 radical (unpaired) electrons. The van der Waals surface area contributed by atoms with Gasteiger partial charge in [0.1, 0.15) is 5.60 Å². The largest absolute Gasteiger partial charge is 0.457 e. The molecule has 3 N–H and O–H groups in total.